The molecule has 0 aromatic heterocycles. The molecular formula is C19H25NO4S2. The molecule has 1 N–H and O–H groups in total. The average molecular weight is 396 g/mol. The molecule has 0 aliphatic heterocycles. The molecule has 2 aromatic carbocycles. The summed E-state index contributed by atoms with van der Waals surface area (Å²) in [5, 5.41) is 0. The van der Waals surface area contributed by atoms with Crippen LogP contribution in [0.2, 0.25) is 0 Å². The van der Waals surface area contributed by atoms with Gasteiger partial charge in [-0.25, -0.2) is 21.6 Å². The largest absolute Gasteiger partial charge is 0.241 e. The van der Waals surface area contributed by atoms with E-state index in [0.717, 1.165) is 18.2 Å². The van der Waals surface area contributed by atoms with Gasteiger partial charge in [0.05, 0.1) is 9.79 Å². The van der Waals surface area contributed by atoms with Crippen LogP contribution in [-0.2, 0) is 26.3 Å². The summed E-state index contributed by atoms with van der Waals surface area (Å²) in [7, 11) is -7.14. The van der Waals surface area contributed by atoms with Crippen molar-refractivity contribution < 1.29 is 16.8 Å². The SMILES string of the molecule is CCc1ccc([C@@H](NS(=O)(=O)c2ccc(S(C)(=O)=O)cc2)C(C)C)cc1. The molecule has 0 radical (unpaired) electrons. The van der Waals surface area contributed by atoms with Gasteiger partial charge in [0.15, 0.2) is 9.84 Å². The Bertz CT molecular complexity index is 946. The monoisotopic (exact) mass is 395 g/mol. The number of sulfone groups is 1. The first-order valence-electron chi connectivity index (χ1n) is 8.46. The normalized spacial score (nSPS) is 13.7. The highest BCUT2D eigenvalue weighted by atomic mass is 32.2. The summed E-state index contributed by atoms with van der Waals surface area (Å²) < 4.78 is 51.3. The highest BCUT2D eigenvalue weighted by Crippen LogP contribution is 2.25. The molecule has 0 spiro atoms. The molecule has 142 valence electrons. The summed E-state index contributed by atoms with van der Waals surface area (Å²) in [6.45, 7) is 5.97. The Balaban J connectivity index is 2.31. The van der Waals surface area contributed by atoms with Gasteiger partial charge >= 0.3 is 0 Å². The minimum Gasteiger partial charge on any atom is -0.224 e. The molecule has 2 aromatic rings. The number of rotatable bonds is 7. The predicted molar refractivity (Wildman–Crippen MR) is 103 cm³/mol. The molecule has 7 heteroatoms. The van der Waals surface area contributed by atoms with Crippen LogP contribution in [0, 0.1) is 5.92 Å². The molecule has 26 heavy (non-hydrogen) atoms. The third kappa shape index (κ3) is 4.93. The van der Waals surface area contributed by atoms with E-state index in [-0.39, 0.29) is 21.8 Å². The van der Waals surface area contributed by atoms with E-state index in [1.807, 2.05) is 38.1 Å². The number of sulfonamides is 1. The molecule has 0 heterocycles. The summed E-state index contributed by atoms with van der Waals surface area (Å²) >= 11 is 0. The molecule has 0 saturated carbocycles. The van der Waals surface area contributed by atoms with Crippen molar-refractivity contribution in [1.82, 2.24) is 4.72 Å². The van der Waals surface area contributed by atoms with E-state index in [1.54, 1.807) is 0 Å². The van der Waals surface area contributed by atoms with Crippen LogP contribution in [0.4, 0.5) is 0 Å². The van der Waals surface area contributed by atoms with Gasteiger partial charge in [-0.15, -0.1) is 0 Å². The maximum absolute atomic E-state index is 12.7. The number of benzene rings is 2. The van der Waals surface area contributed by atoms with Gasteiger partial charge in [-0.1, -0.05) is 45.0 Å². The predicted octanol–water partition coefficient (Wildman–Crippen LogP) is 3.33. The van der Waals surface area contributed by atoms with E-state index in [4.69, 9.17) is 0 Å². The van der Waals surface area contributed by atoms with Crippen molar-refractivity contribution in [2.45, 2.75) is 43.0 Å². The molecule has 0 aliphatic carbocycles. The lowest BCUT2D eigenvalue weighted by Crippen LogP contribution is -2.31. The zero-order chi connectivity index (χ0) is 19.5. The van der Waals surface area contributed by atoms with Crippen molar-refractivity contribution in [3.63, 3.8) is 0 Å². The zero-order valence-corrected chi connectivity index (χ0v) is 17.1. The summed E-state index contributed by atoms with van der Waals surface area (Å²) in [6, 6.07) is 12.8. The first kappa shape index (κ1) is 20.6. The van der Waals surface area contributed by atoms with Crippen molar-refractivity contribution in [2.75, 3.05) is 6.26 Å². The van der Waals surface area contributed by atoms with Crippen molar-refractivity contribution in [1.29, 1.82) is 0 Å². The molecule has 2 rings (SSSR count). The second-order valence-corrected chi connectivity index (χ2v) is 10.4. The Labute approximate surface area is 156 Å². The van der Waals surface area contributed by atoms with Gasteiger partial charge in [0, 0.05) is 12.3 Å². The summed E-state index contributed by atoms with van der Waals surface area (Å²) in [5.41, 5.74) is 2.09. The second kappa shape index (κ2) is 7.90. The van der Waals surface area contributed by atoms with Gasteiger partial charge in [0.1, 0.15) is 0 Å². The second-order valence-electron chi connectivity index (χ2n) is 6.68. The molecular weight excluding hydrogens is 370 g/mol. The van der Waals surface area contributed by atoms with Crippen LogP contribution in [-0.4, -0.2) is 23.1 Å². The van der Waals surface area contributed by atoms with Crippen LogP contribution < -0.4 is 4.72 Å². The Morgan fingerprint density at radius 2 is 1.35 bits per heavy atom. The van der Waals surface area contributed by atoms with E-state index >= 15 is 0 Å². The van der Waals surface area contributed by atoms with E-state index in [9.17, 15) is 16.8 Å². The first-order chi connectivity index (χ1) is 12.0. The molecule has 1 atom stereocenters. The van der Waals surface area contributed by atoms with Crippen molar-refractivity contribution in [3.8, 4) is 0 Å². The highest BCUT2D eigenvalue weighted by molar-refractivity contribution is 7.90. The van der Waals surface area contributed by atoms with Crippen molar-refractivity contribution >= 4 is 19.9 Å². The Morgan fingerprint density at radius 3 is 1.77 bits per heavy atom. The quantitative estimate of drug-likeness (QED) is 0.780. The van der Waals surface area contributed by atoms with Gasteiger partial charge in [0.25, 0.3) is 0 Å². The number of hydrogen-bond donors (Lipinski definition) is 1. The summed E-state index contributed by atoms with van der Waals surface area (Å²) in [4.78, 5) is 0.132. The fourth-order valence-corrected chi connectivity index (χ4v) is 4.65. The van der Waals surface area contributed by atoms with E-state index in [1.165, 1.54) is 29.8 Å². The molecule has 5 nitrogen and oxygen atoms in total. The van der Waals surface area contributed by atoms with Gasteiger partial charge in [-0.05, 0) is 47.7 Å². The summed E-state index contributed by atoms with van der Waals surface area (Å²) in [5.74, 6) is 0.0487. The average Bonchev–Trinajstić information content (AvgIpc) is 2.59. The topological polar surface area (TPSA) is 80.3 Å². The molecule has 0 amide bonds. The zero-order valence-electron chi connectivity index (χ0n) is 15.4. The van der Waals surface area contributed by atoms with Gasteiger partial charge < -0.3 is 0 Å². The smallest absolute Gasteiger partial charge is 0.224 e. The van der Waals surface area contributed by atoms with Crippen LogP contribution in [0.5, 0.6) is 0 Å². The fourth-order valence-electron chi connectivity index (χ4n) is 2.65. The van der Waals surface area contributed by atoms with Gasteiger partial charge in [-0.2, -0.15) is 0 Å². The molecule has 0 bridgehead atoms. The Morgan fingerprint density at radius 1 is 0.846 bits per heavy atom. The lowest BCUT2D eigenvalue weighted by atomic mass is 9.96. The van der Waals surface area contributed by atoms with Crippen LogP contribution >= 0.6 is 0 Å². The third-order valence-corrected chi connectivity index (χ3v) is 6.84. The van der Waals surface area contributed by atoms with Crippen LogP contribution in [0.1, 0.15) is 37.9 Å². The minimum atomic E-state index is -3.78. The number of aryl methyl sites for hydroxylation is 1. The maximum atomic E-state index is 12.7. The standard InChI is InChI=1S/C19H25NO4S2/c1-5-15-6-8-16(9-7-15)19(14(2)3)20-26(23,24)18-12-10-17(11-13-18)25(4,21)22/h6-14,19-20H,5H2,1-4H3/t19-/m0/s1. The highest BCUT2D eigenvalue weighted by Gasteiger charge is 2.24. The van der Waals surface area contributed by atoms with Crippen LogP contribution in [0.3, 0.4) is 0 Å². The number of hydrogen-bond acceptors (Lipinski definition) is 4. The summed E-state index contributed by atoms with van der Waals surface area (Å²) in [6.07, 6.45) is 2.01. The van der Waals surface area contributed by atoms with E-state index < -0.39 is 19.9 Å². The molecule has 0 fully saturated rings. The Kier molecular flexibility index (Phi) is 6.26. The molecule has 0 aliphatic rings. The van der Waals surface area contributed by atoms with Gasteiger partial charge in [0.2, 0.25) is 10.0 Å². The van der Waals surface area contributed by atoms with Crippen LogP contribution in [0.25, 0.3) is 0 Å². The van der Waals surface area contributed by atoms with E-state index in [2.05, 4.69) is 11.6 Å². The van der Waals surface area contributed by atoms with Crippen molar-refractivity contribution in [3.05, 3.63) is 59.7 Å². The van der Waals surface area contributed by atoms with Crippen LogP contribution in [0.15, 0.2) is 58.3 Å². The lowest BCUT2D eigenvalue weighted by Gasteiger charge is -2.23. The lowest BCUT2D eigenvalue weighted by molar-refractivity contribution is 0.463. The number of nitrogens with one attached hydrogen (secondary N) is 1. The first-order valence-corrected chi connectivity index (χ1v) is 11.8. The molecule has 0 saturated heterocycles. The fraction of sp³-hybridized carbons (Fsp3) is 0.368. The maximum Gasteiger partial charge on any atom is 0.241 e. The third-order valence-electron chi connectivity index (χ3n) is 4.26. The molecule has 0 unspecified atom stereocenters. The van der Waals surface area contributed by atoms with Gasteiger partial charge in [-0.3, -0.25) is 0 Å². The minimum absolute atomic E-state index is 0.0423. The van der Waals surface area contributed by atoms with E-state index in [0.29, 0.717) is 0 Å². The van der Waals surface area contributed by atoms with Crippen molar-refractivity contribution in [2.24, 2.45) is 5.92 Å². The Hall–Kier alpha value is -1.70.